The van der Waals surface area contributed by atoms with Crippen molar-refractivity contribution in [1.82, 2.24) is 4.90 Å². The van der Waals surface area contributed by atoms with Gasteiger partial charge in [0.25, 0.3) is 0 Å². The Morgan fingerprint density at radius 2 is 2.27 bits per heavy atom. The average Bonchev–Trinajstić information content (AvgIpc) is 2.84. The molecule has 0 spiro atoms. The van der Waals surface area contributed by atoms with Crippen molar-refractivity contribution >= 4 is 22.9 Å². The molecule has 1 N–H and O–H groups in total. The number of rotatable bonds is 5. The highest BCUT2D eigenvalue weighted by molar-refractivity contribution is 7.16. The lowest BCUT2D eigenvalue weighted by Gasteiger charge is -2.21. The van der Waals surface area contributed by atoms with Crippen LogP contribution in [0.1, 0.15) is 17.7 Å². The van der Waals surface area contributed by atoms with Gasteiger partial charge in [-0.2, -0.15) is 0 Å². The number of nitrogens with zero attached hydrogens (tertiary/aromatic N) is 1. The molecule has 2 nitrogen and oxygen atoms in total. The Morgan fingerprint density at radius 3 is 2.73 bits per heavy atom. The lowest BCUT2D eigenvalue weighted by Crippen LogP contribution is -2.28. The first-order chi connectivity index (χ1) is 7.13. The van der Waals surface area contributed by atoms with E-state index in [1.165, 1.54) is 17.7 Å². The molecule has 1 heterocycles. The van der Waals surface area contributed by atoms with E-state index in [0.29, 0.717) is 6.61 Å². The van der Waals surface area contributed by atoms with Crippen molar-refractivity contribution in [1.29, 1.82) is 0 Å². The number of hydrogen-bond acceptors (Lipinski definition) is 3. The van der Waals surface area contributed by atoms with Gasteiger partial charge in [0.15, 0.2) is 0 Å². The van der Waals surface area contributed by atoms with Crippen molar-refractivity contribution in [2.75, 3.05) is 20.2 Å². The van der Waals surface area contributed by atoms with E-state index in [2.05, 4.69) is 18.0 Å². The maximum atomic E-state index is 9.23. The van der Waals surface area contributed by atoms with Crippen molar-refractivity contribution in [2.45, 2.75) is 19.4 Å². The third-order valence-corrected chi connectivity index (χ3v) is 4.17. The zero-order chi connectivity index (χ0) is 10.9. The van der Waals surface area contributed by atoms with E-state index >= 15 is 0 Å². The molecule has 15 heavy (non-hydrogen) atoms. The molecule has 1 aromatic heterocycles. The largest absolute Gasteiger partial charge is 0.396 e. The van der Waals surface area contributed by atoms with Crippen LogP contribution in [-0.4, -0.2) is 30.2 Å². The number of hydrogen-bond donors (Lipinski definition) is 1. The highest BCUT2D eigenvalue weighted by Crippen LogP contribution is 2.45. The summed E-state index contributed by atoms with van der Waals surface area (Å²) in [6.45, 7) is 2.24. The molecule has 1 fully saturated rings. The quantitative estimate of drug-likeness (QED) is 0.862. The van der Waals surface area contributed by atoms with Crippen molar-refractivity contribution in [3.8, 4) is 0 Å². The van der Waals surface area contributed by atoms with Crippen LogP contribution >= 0.6 is 22.9 Å². The molecule has 0 atom stereocenters. The number of aliphatic hydroxyl groups is 1. The summed E-state index contributed by atoms with van der Waals surface area (Å²) in [4.78, 5) is 3.56. The molecule has 0 saturated heterocycles. The van der Waals surface area contributed by atoms with Crippen LogP contribution in [0.25, 0.3) is 0 Å². The molecule has 84 valence electrons. The molecule has 2 rings (SSSR count). The van der Waals surface area contributed by atoms with Gasteiger partial charge >= 0.3 is 0 Å². The standard InChI is InChI=1S/C11H16ClNOS/c1-13(7-11(8-14)4-5-11)6-9-2-3-10(12)15-9/h2-3,14H,4-8H2,1H3. The lowest BCUT2D eigenvalue weighted by atomic mass is 10.1. The molecular formula is C11H16ClNOS. The van der Waals surface area contributed by atoms with Crippen LogP contribution in [0.4, 0.5) is 0 Å². The monoisotopic (exact) mass is 245 g/mol. The van der Waals surface area contributed by atoms with Gasteiger partial charge in [-0.05, 0) is 32.0 Å². The maximum Gasteiger partial charge on any atom is 0.0931 e. The van der Waals surface area contributed by atoms with Crippen LogP contribution in [0, 0.1) is 5.41 Å². The molecule has 1 aliphatic carbocycles. The molecule has 1 aromatic rings. The molecule has 1 aliphatic rings. The minimum absolute atomic E-state index is 0.204. The highest BCUT2D eigenvalue weighted by atomic mass is 35.5. The van der Waals surface area contributed by atoms with E-state index < -0.39 is 0 Å². The maximum absolute atomic E-state index is 9.23. The summed E-state index contributed by atoms with van der Waals surface area (Å²) in [5.41, 5.74) is 0.204. The third kappa shape index (κ3) is 2.94. The first-order valence-corrected chi connectivity index (χ1v) is 6.37. The van der Waals surface area contributed by atoms with Gasteiger partial charge < -0.3 is 10.0 Å². The van der Waals surface area contributed by atoms with Gasteiger partial charge in [-0.15, -0.1) is 11.3 Å². The van der Waals surface area contributed by atoms with Crippen LogP contribution in [0.3, 0.4) is 0 Å². The predicted molar refractivity (Wildman–Crippen MR) is 64.4 cm³/mol. The fourth-order valence-corrected chi connectivity index (χ4v) is 3.04. The molecule has 4 heteroatoms. The molecule has 0 aromatic carbocycles. The number of halogens is 1. The Labute approximate surface area is 99.5 Å². The summed E-state index contributed by atoms with van der Waals surface area (Å²) in [6.07, 6.45) is 2.33. The topological polar surface area (TPSA) is 23.5 Å². The summed E-state index contributed by atoms with van der Waals surface area (Å²) in [6, 6.07) is 4.01. The van der Waals surface area contributed by atoms with E-state index in [1.54, 1.807) is 11.3 Å². The fraction of sp³-hybridized carbons (Fsp3) is 0.636. The molecule has 0 unspecified atom stereocenters. The minimum atomic E-state index is 0.204. The smallest absolute Gasteiger partial charge is 0.0931 e. The Hall–Kier alpha value is -0.0900. The van der Waals surface area contributed by atoms with Crippen LogP contribution in [-0.2, 0) is 6.54 Å². The molecule has 1 saturated carbocycles. The zero-order valence-electron chi connectivity index (χ0n) is 8.87. The predicted octanol–water partition coefficient (Wildman–Crippen LogP) is 2.61. The second-order valence-corrected chi connectivity index (χ2v) is 6.34. The summed E-state index contributed by atoms with van der Waals surface area (Å²) < 4.78 is 0.849. The Balaban J connectivity index is 1.84. The van der Waals surface area contributed by atoms with Gasteiger partial charge in [0.2, 0.25) is 0 Å². The second-order valence-electron chi connectivity index (χ2n) is 4.54. The summed E-state index contributed by atoms with van der Waals surface area (Å²) in [7, 11) is 2.10. The molecule has 0 amide bonds. The Morgan fingerprint density at radius 1 is 1.53 bits per heavy atom. The molecular weight excluding hydrogens is 230 g/mol. The van der Waals surface area contributed by atoms with Crippen LogP contribution < -0.4 is 0 Å². The SMILES string of the molecule is CN(Cc1ccc(Cl)s1)CC1(CO)CC1. The minimum Gasteiger partial charge on any atom is -0.396 e. The summed E-state index contributed by atoms with van der Waals surface area (Å²) in [5, 5.41) is 9.23. The van der Waals surface area contributed by atoms with E-state index in [9.17, 15) is 5.11 Å². The molecule has 0 aliphatic heterocycles. The average molecular weight is 246 g/mol. The van der Waals surface area contributed by atoms with E-state index in [4.69, 9.17) is 11.6 Å². The lowest BCUT2D eigenvalue weighted by molar-refractivity contribution is 0.161. The molecule has 0 radical (unpaired) electrons. The van der Waals surface area contributed by atoms with Crippen molar-refractivity contribution < 1.29 is 5.11 Å². The third-order valence-electron chi connectivity index (χ3n) is 2.95. The summed E-state index contributed by atoms with van der Waals surface area (Å²) in [5.74, 6) is 0. The van der Waals surface area contributed by atoms with Gasteiger partial charge in [0.05, 0.1) is 4.34 Å². The van der Waals surface area contributed by atoms with E-state index in [0.717, 1.165) is 17.4 Å². The first kappa shape index (κ1) is 11.4. The van der Waals surface area contributed by atoms with Crippen molar-refractivity contribution in [2.24, 2.45) is 5.41 Å². The first-order valence-electron chi connectivity index (χ1n) is 5.17. The molecule has 0 bridgehead atoms. The van der Waals surface area contributed by atoms with Crippen LogP contribution in [0.5, 0.6) is 0 Å². The summed E-state index contributed by atoms with van der Waals surface area (Å²) >= 11 is 7.51. The Bertz CT molecular complexity index is 335. The highest BCUT2D eigenvalue weighted by Gasteiger charge is 2.42. The normalized spacial score (nSPS) is 18.4. The van der Waals surface area contributed by atoms with Crippen molar-refractivity contribution in [3.05, 3.63) is 21.3 Å². The number of thiophene rings is 1. The van der Waals surface area contributed by atoms with Gasteiger partial charge in [-0.25, -0.2) is 0 Å². The fourth-order valence-electron chi connectivity index (χ4n) is 1.87. The van der Waals surface area contributed by atoms with Crippen LogP contribution in [0.15, 0.2) is 12.1 Å². The Kier molecular flexibility index (Phi) is 3.36. The van der Waals surface area contributed by atoms with Gasteiger partial charge in [0.1, 0.15) is 0 Å². The van der Waals surface area contributed by atoms with Crippen molar-refractivity contribution in [3.63, 3.8) is 0 Å². The van der Waals surface area contributed by atoms with Gasteiger partial charge in [0, 0.05) is 30.0 Å². The van der Waals surface area contributed by atoms with E-state index in [1.807, 2.05) is 6.07 Å². The number of aliphatic hydroxyl groups excluding tert-OH is 1. The van der Waals surface area contributed by atoms with Crippen LogP contribution in [0.2, 0.25) is 4.34 Å². The van der Waals surface area contributed by atoms with Gasteiger partial charge in [-0.1, -0.05) is 11.6 Å². The van der Waals surface area contributed by atoms with Gasteiger partial charge in [-0.3, -0.25) is 0 Å². The zero-order valence-corrected chi connectivity index (χ0v) is 10.4. The van der Waals surface area contributed by atoms with E-state index in [-0.39, 0.29) is 5.41 Å². The second kappa shape index (κ2) is 4.42.